The van der Waals surface area contributed by atoms with E-state index in [2.05, 4.69) is 37.1 Å². The summed E-state index contributed by atoms with van der Waals surface area (Å²) in [6.45, 7) is 3.37. The maximum Gasteiger partial charge on any atom is 0.251 e. The molecule has 1 aliphatic heterocycles. The molecule has 2 fully saturated rings. The van der Waals surface area contributed by atoms with Crippen LogP contribution in [0.2, 0.25) is 0 Å². The van der Waals surface area contributed by atoms with Gasteiger partial charge in [0.1, 0.15) is 5.75 Å². The molecule has 1 saturated heterocycles. The largest absolute Gasteiger partial charge is 0.497 e. The Kier molecular flexibility index (Phi) is 9.03. The van der Waals surface area contributed by atoms with Gasteiger partial charge in [0.05, 0.1) is 19.4 Å². The Bertz CT molecular complexity index is 1240. The van der Waals surface area contributed by atoms with E-state index in [1.807, 2.05) is 23.1 Å². The number of hydrogen-bond acceptors (Lipinski definition) is 7. The van der Waals surface area contributed by atoms with E-state index in [1.54, 1.807) is 31.4 Å². The second kappa shape index (κ2) is 13.0. The van der Waals surface area contributed by atoms with E-state index in [9.17, 15) is 9.59 Å². The second-order valence-electron chi connectivity index (χ2n) is 9.96. The molecule has 2 aromatic carbocycles. The number of ether oxygens (including phenoxy) is 1. The van der Waals surface area contributed by atoms with Crippen molar-refractivity contribution in [3.63, 3.8) is 0 Å². The first-order valence-corrected chi connectivity index (χ1v) is 14.7. The Morgan fingerprint density at radius 1 is 0.949 bits per heavy atom. The van der Waals surface area contributed by atoms with Gasteiger partial charge in [-0.25, -0.2) is 0 Å². The number of carbonyl (C=O) groups is 2. The van der Waals surface area contributed by atoms with E-state index < -0.39 is 0 Å². The minimum absolute atomic E-state index is 0.125. The molecule has 2 heterocycles. The van der Waals surface area contributed by atoms with E-state index in [-0.39, 0.29) is 24.4 Å². The minimum atomic E-state index is -0.171. The summed E-state index contributed by atoms with van der Waals surface area (Å²) in [5.41, 5.74) is 1.76. The van der Waals surface area contributed by atoms with Crippen molar-refractivity contribution in [1.29, 1.82) is 0 Å². The first kappa shape index (κ1) is 27.1. The van der Waals surface area contributed by atoms with Gasteiger partial charge in [0.15, 0.2) is 11.0 Å². The van der Waals surface area contributed by atoms with Gasteiger partial charge in [-0.1, -0.05) is 49.2 Å². The predicted molar refractivity (Wildman–Crippen MR) is 152 cm³/mol. The van der Waals surface area contributed by atoms with Gasteiger partial charge in [-0.2, -0.15) is 0 Å². The molecule has 39 heavy (non-hydrogen) atoms. The lowest BCUT2D eigenvalue weighted by atomic mass is 9.95. The van der Waals surface area contributed by atoms with Crippen LogP contribution in [-0.2, 0) is 11.3 Å². The van der Waals surface area contributed by atoms with Gasteiger partial charge in [-0.05, 0) is 49.2 Å². The molecule has 206 valence electrons. The summed E-state index contributed by atoms with van der Waals surface area (Å²) in [6.07, 6.45) is 5.67. The van der Waals surface area contributed by atoms with Crippen LogP contribution in [0.1, 0.15) is 54.3 Å². The van der Waals surface area contributed by atoms with Crippen LogP contribution < -0.4 is 15.0 Å². The number of para-hydroxylation sites is 1. The highest BCUT2D eigenvalue weighted by Crippen LogP contribution is 2.33. The molecule has 0 atom stereocenters. The molecule has 5 rings (SSSR count). The number of rotatable bonds is 9. The highest BCUT2D eigenvalue weighted by atomic mass is 32.2. The number of benzene rings is 2. The van der Waals surface area contributed by atoms with Crippen molar-refractivity contribution >= 4 is 29.3 Å². The molecule has 3 aromatic rings. The van der Waals surface area contributed by atoms with Crippen molar-refractivity contribution in [3.05, 3.63) is 66.0 Å². The van der Waals surface area contributed by atoms with Crippen LogP contribution in [0.5, 0.6) is 5.75 Å². The first-order chi connectivity index (χ1) is 19.1. The van der Waals surface area contributed by atoms with Crippen LogP contribution in [0.25, 0.3) is 0 Å². The SMILES string of the molecule is COc1ccc(C(=O)NCc2nnc(SCC(=O)N3CCN(c4ccccc4)CC3)n2C2CCCCC2)cc1. The summed E-state index contributed by atoms with van der Waals surface area (Å²) in [5.74, 6) is 1.72. The van der Waals surface area contributed by atoms with Crippen LogP contribution in [0.4, 0.5) is 5.69 Å². The Hall–Kier alpha value is -3.53. The van der Waals surface area contributed by atoms with E-state index in [0.29, 0.717) is 30.2 Å². The first-order valence-electron chi connectivity index (χ1n) is 13.7. The summed E-state index contributed by atoms with van der Waals surface area (Å²) in [6, 6.07) is 17.7. The molecule has 1 aliphatic carbocycles. The Morgan fingerprint density at radius 3 is 2.36 bits per heavy atom. The van der Waals surface area contributed by atoms with Gasteiger partial charge in [0.25, 0.3) is 5.91 Å². The third-order valence-corrected chi connectivity index (χ3v) is 8.44. The lowest BCUT2D eigenvalue weighted by Crippen LogP contribution is -2.49. The number of methoxy groups -OCH3 is 1. The Balaban J connectivity index is 1.20. The van der Waals surface area contributed by atoms with Gasteiger partial charge in [-0.15, -0.1) is 10.2 Å². The molecule has 0 unspecified atom stereocenters. The fraction of sp³-hybridized carbons (Fsp3) is 0.448. The number of hydrogen-bond donors (Lipinski definition) is 1. The quantitative estimate of drug-likeness (QED) is 0.402. The van der Waals surface area contributed by atoms with Gasteiger partial charge < -0.3 is 24.4 Å². The van der Waals surface area contributed by atoms with Crippen molar-refractivity contribution in [3.8, 4) is 5.75 Å². The standard InChI is InChI=1S/C29H36N6O3S/c1-38-25-14-12-22(13-15-25)28(37)30-20-26-31-32-29(35(26)24-10-6-3-7-11-24)39-21-27(36)34-18-16-33(17-19-34)23-8-4-2-5-9-23/h2,4-5,8-9,12-15,24H,3,6-7,10-11,16-21H2,1H3,(H,30,37). The zero-order valence-electron chi connectivity index (χ0n) is 22.4. The molecule has 0 spiro atoms. The molecule has 9 nitrogen and oxygen atoms in total. The van der Waals surface area contributed by atoms with E-state index in [0.717, 1.165) is 49.8 Å². The van der Waals surface area contributed by atoms with Gasteiger partial charge in [0.2, 0.25) is 5.91 Å². The van der Waals surface area contributed by atoms with Crippen molar-refractivity contribution in [1.82, 2.24) is 25.0 Å². The molecule has 1 N–H and O–H groups in total. The van der Waals surface area contributed by atoms with E-state index >= 15 is 0 Å². The number of thioether (sulfide) groups is 1. The highest BCUT2D eigenvalue weighted by molar-refractivity contribution is 7.99. The Morgan fingerprint density at radius 2 is 1.67 bits per heavy atom. The minimum Gasteiger partial charge on any atom is -0.497 e. The third kappa shape index (κ3) is 6.73. The predicted octanol–water partition coefficient (Wildman–Crippen LogP) is 4.16. The maximum absolute atomic E-state index is 13.1. The fourth-order valence-electron chi connectivity index (χ4n) is 5.31. The maximum atomic E-state index is 13.1. The molecule has 0 bridgehead atoms. The number of amides is 2. The van der Waals surface area contributed by atoms with Gasteiger partial charge in [-0.3, -0.25) is 9.59 Å². The fourth-order valence-corrected chi connectivity index (χ4v) is 6.23. The topological polar surface area (TPSA) is 92.6 Å². The third-order valence-electron chi connectivity index (χ3n) is 7.51. The molecule has 10 heteroatoms. The van der Waals surface area contributed by atoms with Crippen LogP contribution in [0.3, 0.4) is 0 Å². The van der Waals surface area contributed by atoms with Crippen LogP contribution in [-0.4, -0.2) is 70.5 Å². The van der Waals surface area contributed by atoms with Crippen LogP contribution in [0.15, 0.2) is 59.8 Å². The Labute approximate surface area is 233 Å². The van der Waals surface area contributed by atoms with Gasteiger partial charge >= 0.3 is 0 Å². The summed E-state index contributed by atoms with van der Waals surface area (Å²) in [4.78, 5) is 30.1. The van der Waals surface area contributed by atoms with Crippen molar-refractivity contribution in [2.45, 2.75) is 49.8 Å². The monoisotopic (exact) mass is 548 g/mol. The molecule has 2 amide bonds. The molecular formula is C29H36N6O3S. The molecule has 2 aliphatic rings. The van der Waals surface area contributed by atoms with Crippen LogP contribution >= 0.6 is 11.8 Å². The number of anilines is 1. The smallest absolute Gasteiger partial charge is 0.251 e. The number of piperazine rings is 1. The number of nitrogens with zero attached hydrogens (tertiary/aromatic N) is 5. The average molecular weight is 549 g/mol. The number of aromatic nitrogens is 3. The highest BCUT2D eigenvalue weighted by Gasteiger charge is 2.26. The van der Waals surface area contributed by atoms with E-state index in [4.69, 9.17) is 4.74 Å². The lowest BCUT2D eigenvalue weighted by molar-refractivity contribution is -0.128. The van der Waals surface area contributed by atoms with Crippen molar-refractivity contribution < 1.29 is 14.3 Å². The molecular weight excluding hydrogens is 512 g/mol. The van der Waals surface area contributed by atoms with Crippen molar-refractivity contribution in [2.24, 2.45) is 0 Å². The molecule has 1 saturated carbocycles. The molecule has 1 aromatic heterocycles. The number of carbonyl (C=O) groups excluding carboxylic acids is 2. The second-order valence-corrected chi connectivity index (χ2v) is 10.9. The van der Waals surface area contributed by atoms with E-state index in [1.165, 1.54) is 23.9 Å². The summed E-state index contributed by atoms with van der Waals surface area (Å²) < 4.78 is 7.35. The zero-order chi connectivity index (χ0) is 27.0. The normalized spacial score (nSPS) is 16.2. The summed E-state index contributed by atoms with van der Waals surface area (Å²) in [7, 11) is 1.60. The lowest BCUT2D eigenvalue weighted by Gasteiger charge is -2.36. The molecule has 0 radical (unpaired) electrons. The summed E-state index contributed by atoms with van der Waals surface area (Å²) >= 11 is 1.45. The summed E-state index contributed by atoms with van der Waals surface area (Å²) in [5, 5.41) is 12.7. The average Bonchev–Trinajstić information content (AvgIpc) is 3.42. The van der Waals surface area contributed by atoms with Crippen LogP contribution in [0, 0.1) is 0 Å². The zero-order valence-corrected chi connectivity index (χ0v) is 23.2. The van der Waals surface area contributed by atoms with Gasteiger partial charge in [0, 0.05) is 43.5 Å². The number of nitrogens with one attached hydrogen (secondary N) is 1. The van der Waals surface area contributed by atoms with Crippen molar-refractivity contribution in [2.75, 3.05) is 43.9 Å².